The van der Waals surface area contributed by atoms with Gasteiger partial charge in [0.05, 0.1) is 0 Å². The van der Waals surface area contributed by atoms with Gasteiger partial charge < -0.3 is 14.5 Å². The number of H-pyrrole nitrogens is 1. The molecular weight excluding hydrogens is 234 g/mol. The van der Waals surface area contributed by atoms with Crippen molar-refractivity contribution in [2.75, 3.05) is 13.1 Å². The van der Waals surface area contributed by atoms with Crippen LogP contribution in [0.1, 0.15) is 31.9 Å². The molecule has 1 aromatic rings. The van der Waals surface area contributed by atoms with Crippen molar-refractivity contribution in [2.45, 2.75) is 39.2 Å². The highest BCUT2D eigenvalue weighted by Gasteiger charge is 2.17. The summed E-state index contributed by atoms with van der Waals surface area (Å²) >= 11 is 5.20. The molecule has 0 atom stereocenters. The van der Waals surface area contributed by atoms with Gasteiger partial charge in [0.2, 0.25) is 5.91 Å². The van der Waals surface area contributed by atoms with E-state index < -0.39 is 0 Å². The number of aryl methyl sites for hydroxylation is 1. The number of hydrogen-bond acceptors (Lipinski definition) is 2. The minimum absolute atomic E-state index is 0.190. The van der Waals surface area contributed by atoms with Crippen molar-refractivity contribution < 1.29 is 4.79 Å². The van der Waals surface area contributed by atoms with E-state index in [0.717, 1.165) is 38.0 Å². The predicted octanol–water partition coefficient (Wildman–Crippen LogP) is 2.12. The molecular formula is C12H19N3OS. The van der Waals surface area contributed by atoms with Crippen LogP contribution in [-0.4, -0.2) is 33.4 Å². The molecule has 0 unspecified atom stereocenters. The van der Waals surface area contributed by atoms with Gasteiger partial charge in [-0.1, -0.05) is 6.92 Å². The number of amides is 1. The first-order valence-corrected chi connectivity index (χ1v) is 6.68. The van der Waals surface area contributed by atoms with Crippen molar-refractivity contribution in [2.24, 2.45) is 0 Å². The lowest BCUT2D eigenvalue weighted by Crippen LogP contribution is -2.38. The molecule has 1 saturated heterocycles. The Morgan fingerprint density at radius 3 is 2.76 bits per heavy atom. The molecule has 94 valence electrons. The van der Waals surface area contributed by atoms with Gasteiger partial charge in [-0.25, -0.2) is 0 Å². The van der Waals surface area contributed by atoms with E-state index in [9.17, 15) is 4.79 Å². The van der Waals surface area contributed by atoms with Crippen LogP contribution in [-0.2, 0) is 17.8 Å². The Morgan fingerprint density at radius 2 is 2.12 bits per heavy atom. The minimum Gasteiger partial charge on any atom is -0.341 e. The average Bonchev–Trinajstić information content (AvgIpc) is 2.71. The van der Waals surface area contributed by atoms with Crippen molar-refractivity contribution in [1.82, 2.24) is 14.5 Å². The van der Waals surface area contributed by atoms with Crippen LogP contribution in [0.4, 0.5) is 0 Å². The minimum atomic E-state index is 0.190. The normalized spacial score (nSPS) is 16.2. The number of hydrogen-bond donors (Lipinski definition) is 1. The molecule has 0 bridgehead atoms. The summed E-state index contributed by atoms with van der Waals surface area (Å²) < 4.78 is 2.55. The number of aromatic amines is 1. The number of nitrogens with one attached hydrogen (secondary N) is 1. The van der Waals surface area contributed by atoms with Crippen LogP contribution in [0.2, 0.25) is 0 Å². The molecule has 0 spiro atoms. The molecule has 1 fully saturated rings. The van der Waals surface area contributed by atoms with Crippen LogP contribution < -0.4 is 0 Å². The van der Waals surface area contributed by atoms with E-state index in [-0.39, 0.29) is 5.91 Å². The van der Waals surface area contributed by atoms with Crippen molar-refractivity contribution in [3.05, 3.63) is 16.7 Å². The smallest absolute Gasteiger partial charge is 0.242 e. The van der Waals surface area contributed by atoms with Gasteiger partial charge in [0, 0.05) is 25.0 Å². The zero-order valence-corrected chi connectivity index (χ0v) is 11.1. The molecule has 0 aromatic carbocycles. The Labute approximate surface area is 107 Å². The molecule has 2 heterocycles. The van der Waals surface area contributed by atoms with Crippen LogP contribution in [0.15, 0.2) is 6.20 Å². The topological polar surface area (TPSA) is 41.0 Å². The highest BCUT2D eigenvalue weighted by Crippen LogP contribution is 2.10. The second kappa shape index (κ2) is 5.49. The van der Waals surface area contributed by atoms with E-state index in [4.69, 9.17) is 12.2 Å². The maximum Gasteiger partial charge on any atom is 0.242 e. The number of aromatic nitrogens is 2. The fourth-order valence-electron chi connectivity index (χ4n) is 2.28. The van der Waals surface area contributed by atoms with Gasteiger partial charge in [0.1, 0.15) is 6.54 Å². The number of likely N-dealkylation sites (tertiary alicyclic amines) is 1. The molecule has 0 aliphatic carbocycles. The Kier molecular flexibility index (Phi) is 3.99. The zero-order chi connectivity index (χ0) is 12.3. The van der Waals surface area contributed by atoms with E-state index in [1.807, 2.05) is 15.7 Å². The van der Waals surface area contributed by atoms with Crippen LogP contribution in [0, 0.1) is 4.77 Å². The van der Waals surface area contributed by atoms with Crippen molar-refractivity contribution in [1.29, 1.82) is 0 Å². The second-order valence-electron chi connectivity index (χ2n) is 4.47. The quantitative estimate of drug-likeness (QED) is 0.838. The predicted molar refractivity (Wildman–Crippen MR) is 69.4 cm³/mol. The fourth-order valence-corrected chi connectivity index (χ4v) is 2.52. The van der Waals surface area contributed by atoms with Crippen molar-refractivity contribution in [3.63, 3.8) is 0 Å². The number of imidazole rings is 1. The van der Waals surface area contributed by atoms with Gasteiger partial charge in [-0.3, -0.25) is 4.79 Å². The first-order valence-electron chi connectivity index (χ1n) is 6.27. The number of carbonyl (C=O) groups is 1. The molecule has 1 N–H and O–H groups in total. The largest absolute Gasteiger partial charge is 0.341 e. The van der Waals surface area contributed by atoms with Gasteiger partial charge in [0.15, 0.2) is 4.77 Å². The lowest BCUT2D eigenvalue weighted by Gasteiger charge is -2.27. The van der Waals surface area contributed by atoms with E-state index in [2.05, 4.69) is 11.9 Å². The molecule has 17 heavy (non-hydrogen) atoms. The number of rotatable bonds is 3. The maximum absolute atomic E-state index is 12.1. The molecule has 1 amide bonds. The highest BCUT2D eigenvalue weighted by atomic mass is 32.1. The summed E-state index contributed by atoms with van der Waals surface area (Å²) in [5, 5.41) is 0. The van der Waals surface area contributed by atoms with Crippen molar-refractivity contribution >= 4 is 18.1 Å². The summed E-state index contributed by atoms with van der Waals surface area (Å²) in [6.07, 6.45) is 6.29. The highest BCUT2D eigenvalue weighted by molar-refractivity contribution is 7.71. The van der Waals surface area contributed by atoms with Gasteiger partial charge in [-0.05, 0) is 37.9 Å². The standard InChI is InChI=1S/C12H19N3OS/c1-2-10-8-13-12(17)15(10)9-11(16)14-6-4-3-5-7-14/h8H,2-7,9H2,1H3,(H,13,17). The van der Waals surface area contributed by atoms with E-state index >= 15 is 0 Å². The van der Waals surface area contributed by atoms with Crippen molar-refractivity contribution in [3.8, 4) is 0 Å². The van der Waals surface area contributed by atoms with Gasteiger partial charge in [-0.2, -0.15) is 0 Å². The Hall–Kier alpha value is -1.10. The molecule has 5 heteroatoms. The Balaban J connectivity index is 2.06. The molecule has 1 aliphatic heterocycles. The molecule has 2 rings (SSSR count). The lowest BCUT2D eigenvalue weighted by molar-refractivity contribution is -0.132. The van der Waals surface area contributed by atoms with E-state index in [0.29, 0.717) is 11.3 Å². The summed E-state index contributed by atoms with van der Waals surface area (Å²) in [5.74, 6) is 0.190. The number of piperidine rings is 1. The lowest BCUT2D eigenvalue weighted by atomic mass is 10.1. The average molecular weight is 253 g/mol. The third-order valence-electron chi connectivity index (χ3n) is 3.32. The van der Waals surface area contributed by atoms with Crippen LogP contribution in [0.5, 0.6) is 0 Å². The van der Waals surface area contributed by atoms with Crippen LogP contribution in [0.25, 0.3) is 0 Å². The summed E-state index contributed by atoms with van der Waals surface area (Å²) in [6, 6.07) is 0. The first-order chi connectivity index (χ1) is 8.22. The summed E-state index contributed by atoms with van der Waals surface area (Å²) in [5.41, 5.74) is 1.10. The molecule has 1 aromatic heterocycles. The number of carbonyl (C=O) groups excluding carboxylic acids is 1. The van der Waals surface area contributed by atoms with E-state index in [1.54, 1.807) is 0 Å². The summed E-state index contributed by atoms with van der Waals surface area (Å²) in [6.45, 7) is 4.25. The second-order valence-corrected chi connectivity index (χ2v) is 4.85. The third-order valence-corrected chi connectivity index (χ3v) is 3.66. The monoisotopic (exact) mass is 253 g/mol. The first kappa shape index (κ1) is 12.4. The van der Waals surface area contributed by atoms with Gasteiger partial charge in [0.25, 0.3) is 0 Å². The van der Waals surface area contributed by atoms with Gasteiger partial charge >= 0.3 is 0 Å². The third kappa shape index (κ3) is 2.77. The molecule has 0 radical (unpaired) electrons. The fraction of sp³-hybridized carbons (Fsp3) is 0.667. The van der Waals surface area contributed by atoms with Crippen LogP contribution in [0.3, 0.4) is 0 Å². The number of nitrogens with zero attached hydrogens (tertiary/aromatic N) is 2. The molecule has 1 aliphatic rings. The van der Waals surface area contributed by atoms with Crippen LogP contribution >= 0.6 is 12.2 Å². The Morgan fingerprint density at radius 1 is 1.41 bits per heavy atom. The van der Waals surface area contributed by atoms with Gasteiger partial charge in [-0.15, -0.1) is 0 Å². The van der Waals surface area contributed by atoms with E-state index in [1.165, 1.54) is 6.42 Å². The summed E-state index contributed by atoms with van der Waals surface area (Å²) in [4.78, 5) is 17.1. The maximum atomic E-state index is 12.1. The molecule has 0 saturated carbocycles. The Bertz CT molecular complexity index is 443. The summed E-state index contributed by atoms with van der Waals surface area (Å²) in [7, 11) is 0. The SMILES string of the molecule is CCc1c[nH]c(=S)n1CC(=O)N1CCCCC1. The molecule has 4 nitrogen and oxygen atoms in total. The zero-order valence-electron chi connectivity index (χ0n) is 10.2.